The van der Waals surface area contributed by atoms with Crippen LogP contribution in [0.15, 0.2) is 97.1 Å². The van der Waals surface area contributed by atoms with Crippen LogP contribution in [0, 0.1) is 6.92 Å². The predicted octanol–water partition coefficient (Wildman–Crippen LogP) is 6.36. The molecule has 51 heavy (non-hydrogen) atoms. The van der Waals surface area contributed by atoms with Gasteiger partial charge in [0.2, 0.25) is 0 Å². The topological polar surface area (TPSA) is 116 Å². The fraction of sp³-hybridized carbons (Fsp3) is 0.195. The van der Waals surface area contributed by atoms with Crippen molar-refractivity contribution in [2.45, 2.75) is 17.8 Å². The minimum Gasteiger partial charge on any atom is -0.492 e. The summed E-state index contributed by atoms with van der Waals surface area (Å²) in [4.78, 5) is 38.7. The zero-order chi connectivity index (χ0) is 34.9. The highest BCUT2D eigenvalue weighted by molar-refractivity contribution is 5.96. The number of hydrogen-bond donors (Lipinski definition) is 0. The number of esters is 3. The summed E-state index contributed by atoms with van der Waals surface area (Å²) in [6.45, 7) is 3.46. The van der Waals surface area contributed by atoms with Gasteiger partial charge in [-0.25, -0.2) is 14.4 Å². The first-order valence-electron chi connectivity index (χ1n) is 16.5. The highest BCUT2D eigenvalue weighted by Crippen LogP contribution is 2.53. The average molecular weight is 683 g/mol. The Balaban J connectivity index is 0.978. The lowest BCUT2D eigenvalue weighted by atomic mass is 9.77. The number of carbonyl (C=O) groups excluding carboxylic acids is 3. The second-order valence-electron chi connectivity index (χ2n) is 13.2. The number of aryl methyl sites for hydroxylation is 1. The van der Waals surface area contributed by atoms with E-state index in [9.17, 15) is 14.4 Å². The highest BCUT2D eigenvalue weighted by Gasteiger charge is 2.50. The van der Waals surface area contributed by atoms with Crippen molar-refractivity contribution in [3.05, 3.63) is 142 Å². The number of ether oxygens (including phenoxy) is 7. The number of methoxy groups -OCH3 is 1. The van der Waals surface area contributed by atoms with E-state index in [1.165, 1.54) is 13.2 Å². The standard InChI is InChI=1S/C41H30O10/c1-23-6-10-33-29(14-23)40(19-46-33)20-47-34-11-7-26(16-30(34)40)39(44)51-28-9-13-36-32(18-28)41(22-49-36)21-48-35-12-8-27(17-31(35)41)50-38(43)25-5-3-4-24(15-25)37(42)45-2/h3-18H,19-22H2,1-2H3. The first-order valence-corrected chi connectivity index (χ1v) is 16.5. The van der Waals surface area contributed by atoms with E-state index < -0.39 is 28.7 Å². The molecule has 0 aromatic heterocycles. The van der Waals surface area contributed by atoms with Crippen LogP contribution in [0.2, 0.25) is 0 Å². The molecule has 5 aromatic carbocycles. The minimum absolute atomic E-state index is 0.202. The molecule has 10 nitrogen and oxygen atoms in total. The number of fused-ring (bicyclic) bond motifs is 8. The third-order valence-corrected chi connectivity index (χ3v) is 10.2. The Kier molecular flexibility index (Phi) is 6.86. The average Bonchev–Trinajstić information content (AvgIpc) is 3.92. The van der Waals surface area contributed by atoms with Gasteiger partial charge in [-0.15, -0.1) is 0 Å². The Morgan fingerprint density at radius 1 is 0.510 bits per heavy atom. The van der Waals surface area contributed by atoms with E-state index in [0.29, 0.717) is 41.8 Å². The maximum Gasteiger partial charge on any atom is 0.343 e. The number of benzene rings is 5. The molecule has 0 aliphatic carbocycles. The van der Waals surface area contributed by atoms with Gasteiger partial charge in [0.1, 0.15) is 60.9 Å². The molecule has 0 bridgehead atoms. The Morgan fingerprint density at radius 3 is 1.47 bits per heavy atom. The highest BCUT2D eigenvalue weighted by atomic mass is 16.5. The molecule has 5 aromatic rings. The van der Waals surface area contributed by atoms with Crippen molar-refractivity contribution in [1.82, 2.24) is 0 Å². The lowest BCUT2D eigenvalue weighted by molar-refractivity contribution is 0.0600. The predicted molar refractivity (Wildman–Crippen MR) is 182 cm³/mol. The monoisotopic (exact) mass is 682 g/mol. The van der Waals surface area contributed by atoms with Crippen molar-refractivity contribution >= 4 is 17.9 Å². The van der Waals surface area contributed by atoms with Gasteiger partial charge in [0.05, 0.1) is 34.6 Å². The quantitative estimate of drug-likeness (QED) is 0.153. The van der Waals surface area contributed by atoms with Gasteiger partial charge in [-0.05, 0) is 85.8 Å². The molecule has 0 radical (unpaired) electrons. The zero-order valence-electron chi connectivity index (χ0n) is 27.6. The molecule has 4 aliphatic rings. The summed E-state index contributed by atoms with van der Waals surface area (Å²) in [5.74, 6) is 1.77. The number of hydrogen-bond acceptors (Lipinski definition) is 10. The van der Waals surface area contributed by atoms with E-state index >= 15 is 0 Å². The van der Waals surface area contributed by atoms with E-state index in [0.717, 1.165) is 39.3 Å². The molecule has 0 N–H and O–H groups in total. The summed E-state index contributed by atoms with van der Waals surface area (Å²) >= 11 is 0. The Hall–Kier alpha value is -6.29. The fourth-order valence-corrected chi connectivity index (χ4v) is 7.47. The largest absolute Gasteiger partial charge is 0.492 e. The molecule has 4 aliphatic heterocycles. The molecule has 0 fully saturated rings. The summed E-state index contributed by atoms with van der Waals surface area (Å²) in [5.41, 5.74) is 4.24. The van der Waals surface area contributed by atoms with Crippen LogP contribution < -0.4 is 28.4 Å². The lowest BCUT2D eigenvalue weighted by Crippen LogP contribution is -2.31. The van der Waals surface area contributed by atoms with Crippen molar-refractivity contribution in [3.8, 4) is 34.5 Å². The second-order valence-corrected chi connectivity index (χ2v) is 13.2. The van der Waals surface area contributed by atoms with Crippen LogP contribution in [0.3, 0.4) is 0 Å². The molecule has 4 heterocycles. The Morgan fingerprint density at radius 2 is 0.941 bits per heavy atom. The molecule has 2 unspecified atom stereocenters. The summed E-state index contributed by atoms with van der Waals surface area (Å²) in [6, 6.07) is 28.1. The van der Waals surface area contributed by atoms with Gasteiger partial charge in [-0.3, -0.25) is 0 Å². The minimum atomic E-state index is -0.731. The van der Waals surface area contributed by atoms with Crippen LogP contribution in [-0.2, 0) is 15.6 Å². The SMILES string of the molecule is COC(=O)c1cccc(C(=O)Oc2ccc3c(c2)C2(CO3)COc3ccc(OC(=O)c4ccc5c(c4)C4(COc6ccc(C)cc64)CO5)cc32)c1. The third-order valence-electron chi connectivity index (χ3n) is 10.2. The van der Waals surface area contributed by atoms with Gasteiger partial charge < -0.3 is 33.2 Å². The van der Waals surface area contributed by atoms with Gasteiger partial charge in [-0.1, -0.05) is 23.8 Å². The van der Waals surface area contributed by atoms with Gasteiger partial charge in [0.15, 0.2) is 0 Å². The molecule has 0 amide bonds. The Bertz CT molecular complexity index is 2300. The number of rotatable bonds is 5. The smallest absolute Gasteiger partial charge is 0.343 e. The van der Waals surface area contributed by atoms with E-state index in [4.69, 9.17) is 33.2 Å². The molecular formula is C41H30O10. The molecule has 2 atom stereocenters. The molecule has 2 spiro atoms. The fourth-order valence-electron chi connectivity index (χ4n) is 7.47. The van der Waals surface area contributed by atoms with Crippen LogP contribution in [-0.4, -0.2) is 51.4 Å². The van der Waals surface area contributed by atoms with Gasteiger partial charge in [0, 0.05) is 22.3 Å². The van der Waals surface area contributed by atoms with Gasteiger partial charge in [0.25, 0.3) is 0 Å². The van der Waals surface area contributed by atoms with Crippen LogP contribution in [0.5, 0.6) is 34.5 Å². The van der Waals surface area contributed by atoms with E-state index in [1.54, 1.807) is 60.7 Å². The van der Waals surface area contributed by atoms with Crippen LogP contribution in [0.1, 0.15) is 58.9 Å². The third kappa shape index (κ3) is 4.81. The van der Waals surface area contributed by atoms with Crippen LogP contribution in [0.25, 0.3) is 0 Å². The summed E-state index contributed by atoms with van der Waals surface area (Å²) in [7, 11) is 1.28. The molecule has 9 rings (SSSR count). The van der Waals surface area contributed by atoms with Gasteiger partial charge >= 0.3 is 17.9 Å². The van der Waals surface area contributed by atoms with Gasteiger partial charge in [-0.2, -0.15) is 0 Å². The van der Waals surface area contributed by atoms with E-state index in [-0.39, 0.29) is 24.3 Å². The second kappa shape index (κ2) is 11.4. The Labute approximate surface area is 292 Å². The van der Waals surface area contributed by atoms with Crippen molar-refractivity contribution in [1.29, 1.82) is 0 Å². The normalized spacial score (nSPS) is 19.9. The van der Waals surface area contributed by atoms with Crippen molar-refractivity contribution in [2.24, 2.45) is 0 Å². The first kappa shape index (κ1) is 30.7. The van der Waals surface area contributed by atoms with E-state index in [2.05, 4.69) is 6.07 Å². The van der Waals surface area contributed by atoms with Crippen LogP contribution >= 0.6 is 0 Å². The molecular weight excluding hydrogens is 652 g/mol. The number of carbonyl (C=O) groups is 3. The van der Waals surface area contributed by atoms with Crippen molar-refractivity contribution < 1.29 is 47.5 Å². The zero-order valence-corrected chi connectivity index (χ0v) is 27.6. The summed E-state index contributed by atoms with van der Waals surface area (Å²) in [6.07, 6.45) is 0. The first-order chi connectivity index (χ1) is 24.8. The molecule has 0 saturated heterocycles. The molecule has 0 saturated carbocycles. The summed E-state index contributed by atoms with van der Waals surface area (Å²) in [5, 5.41) is 0. The molecule has 254 valence electrons. The van der Waals surface area contributed by atoms with E-state index in [1.807, 2.05) is 31.2 Å². The van der Waals surface area contributed by atoms with Crippen molar-refractivity contribution in [3.63, 3.8) is 0 Å². The summed E-state index contributed by atoms with van der Waals surface area (Å²) < 4.78 is 40.8. The maximum absolute atomic E-state index is 13.6. The molecule has 10 heteroatoms. The maximum atomic E-state index is 13.6. The lowest BCUT2D eigenvalue weighted by Gasteiger charge is -2.21. The van der Waals surface area contributed by atoms with Crippen LogP contribution in [0.4, 0.5) is 0 Å². The van der Waals surface area contributed by atoms with Crippen molar-refractivity contribution in [2.75, 3.05) is 33.5 Å².